The molecule has 2 nitrogen and oxygen atoms in total. The number of rotatable bonds is 10. The van der Waals surface area contributed by atoms with Gasteiger partial charge in [-0.2, -0.15) is 0 Å². The molecule has 0 aliphatic carbocycles. The van der Waals surface area contributed by atoms with Crippen molar-refractivity contribution in [1.82, 2.24) is 0 Å². The van der Waals surface area contributed by atoms with Gasteiger partial charge < -0.3 is 5.11 Å². The predicted molar refractivity (Wildman–Crippen MR) is 172 cm³/mol. The van der Waals surface area contributed by atoms with Crippen LogP contribution in [0.25, 0.3) is 0 Å². The van der Waals surface area contributed by atoms with Crippen LogP contribution in [0.1, 0.15) is 0 Å². The van der Waals surface area contributed by atoms with Gasteiger partial charge in [-0.05, 0) is 0 Å². The van der Waals surface area contributed by atoms with E-state index in [1.54, 1.807) is 0 Å². The van der Waals surface area contributed by atoms with E-state index in [-0.39, 0.29) is 0 Å². The molecule has 0 heterocycles. The first kappa shape index (κ1) is 43.1. The van der Waals surface area contributed by atoms with Gasteiger partial charge in [-0.3, -0.25) is 0 Å². The Morgan fingerprint density at radius 1 is 0.324 bits per heavy atom. The second-order valence-electron chi connectivity index (χ2n) is 6.55. The van der Waals surface area contributed by atoms with Crippen molar-refractivity contribution in [2.24, 2.45) is 0 Å². The van der Waals surface area contributed by atoms with Crippen molar-refractivity contribution in [3.8, 4) is 0 Å². The van der Waals surface area contributed by atoms with E-state index in [2.05, 4.69) is 0 Å². The van der Waals surface area contributed by atoms with Crippen LogP contribution >= 0.6 is 267 Å². The number of hydrogen-bond donors (Lipinski definition) is 1. The standard InChI is InChI=1S/C12HCl23O2/c13-2(14,1(36)37)3(15,16)4(17,18)5(19,20)6(21,22)7(23,24)8(25,26)9(27,28)10(29,30)11(31,32)12(33,34)35/h(H,36,37). The molecule has 0 fully saturated rings. The lowest BCUT2D eigenvalue weighted by atomic mass is 9.99. The van der Waals surface area contributed by atoms with Gasteiger partial charge in [-0.15, -0.1) is 0 Å². The summed E-state index contributed by atoms with van der Waals surface area (Å²) in [5, 5.41) is 9.32. The number of halogens is 23. The Hall–Kier alpha value is 6.14. The highest BCUT2D eigenvalue weighted by molar-refractivity contribution is 6.84. The molecule has 0 aromatic carbocycles. The first-order valence-electron chi connectivity index (χ1n) is 7.52. The second kappa shape index (κ2) is 12.6. The van der Waals surface area contributed by atoms with Gasteiger partial charge in [0.05, 0.1) is 0 Å². The van der Waals surface area contributed by atoms with Crippen molar-refractivity contribution >= 4 is 273 Å². The van der Waals surface area contributed by atoms with Gasteiger partial charge in [-0.25, -0.2) is 4.79 Å². The highest BCUT2D eigenvalue weighted by Crippen LogP contribution is 2.75. The predicted octanol–water partition coefficient (Wildman–Crippen LogP) is 13.2. The van der Waals surface area contributed by atoms with Gasteiger partial charge >= 0.3 is 5.97 Å². The van der Waals surface area contributed by atoms with Gasteiger partial charge in [0.1, 0.15) is 0 Å². The number of hydrogen-bond acceptors (Lipinski definition) is 1. The highest BCUT2D eigenvalue weighted by Gasteiger charge is 2.85. The minimum absolute atomic E-state index is 2.10. The molecule has 0 saturated carbocycles. The maximum absolute atomic E-state index is 11.5. The second-order valence-corrected chi connectivity index (χ2v) is 22.1. The van der Waals surface area contributed by atoms with Crippen molar-refractivity contribution in [1.29, 1.82) is 0 Å². The Balaban J connectivity index is 7.25. The van der Waals surface area contributed by atoms with Crippen molar-refractivity contribution in [2.45, 2.75) is 47.1 Å². The number of carboxylic acids is 1. The Morgan fingerprint density at radius 2 is 0.486 bits per heavy atom. The zero-order chi connectivity index (χ0) is 31.1. The average Bonchev–Trinajstić information content (AvgIpc) is 2.65. The molecule has 0 unspecified atom stereocenters. The maximum atomic E-state index is 11.5. The topological polar surface area (TPSA) is 37.3 Å². The van der Waals surface area contributed by atoms with Crippen LogP contribution in [0.15, 0.2) is 0 Å². The molecule has 222 valence electrons. The van der Waals surface area contributed by atoms with Crippen molar-refractivity contribution < 1.29 is 9.90 Å². The molecule has 0 aromatic heterocycles. The fourth-order valence-corrected chi connectivity index (χ4v) is 9.13. The summed E-state index contributed by atoms with van der Waals surface area (Å²) in [6, 6.07) is 0. The molecular formula is C12HCl23O2. The van der Waals surface area contributed by atoms with Crippen LogP contribution in [0.3, 0.4) is 0 Å². The fourth-order valence-electron chi connectivity index (χ4n) is 1.89. The summed E-state index contributed by atoms with van der Waals surface area (Å²) in [6.45, 7) is 0. The lowest BCUT2D eigenvalue weighted by Gasteiger charge is -2.56. The Bertz CT molecular complexity index is 879. The zero-order valence-corrected chi connectivity index (χ0v) is 32.9. The summed E-state index contributed by atoms with van der Waals surface area (Å²) in [7, 11) is 0. The Kier molecular flexibility index (Phi) is 14.7. The molecule has 37 heavy (non-hydrogen) atoms. The lowest BCUT2D eigenvalue weighted by Crippen LogP contribution is -2.73. The monoisotopic (exact) mass is 981 g/mol. The molecule has 0 atom stereocenters. The molecule has 0 aromatic rings. The summed E-state index contributed by atoms with van der Waals surface area (Å²) in [6.07, 6.45) is 0. The number of alkyl halides is 23. The zero-order valence-electron chi connectivity index (χ0n) is 15.5. The third-order valence-electron chi connectivity index (χ3n) is 4.17. The Labute approximate surface area is 325 Å². The van der Waals surface area contributed by atoms with Crippen LogP contribution in [0.4, 0.5) is 0 Å². The minimum Gasteiger partial charge on any atom is -0.479 e. The number of aliphatic carboxylic acids is 1. The van der Waals surface area contributed by atoms with E-state index in [9.17, 15) is 9.90 Å². The first-order valence-corrected chi connectivity index (χ1v) is 16.2. The number of carboxylic acid groups (broad SMARTS) is 1. The van der Waals surface area contributed by atoms with Crippen LogP contribution < -0.4 is 0 Å². The summed E-state index contributed by atoms with van der Waals surface area (Å²) in [5.74, 6) is -2.10. The molecule has 0 saturated heterocycles. The van der Waals surface area contributed by atoms with E-state index in [1.807, 2.05) is 0 Å². The SMILES string of the molecule is O=C(O)C(Cl)(Cl)C(Cl)(Cl)C(Cl)(Cl)C(Cl)(Cl)C(Cl)(Cl)C(Cl)(Cl)C(Cl)(Cl)C(Cl)(Cl)C(Cl)(Cl)C(Cl)(Cl)C(Cl)(Cl)Cl. The van der Waals surface area contributed by atoms with Gasteiger partial charge in [0, 0.05) is 0 Å². The maximum Gasteiger partial charge on any atom is 0.343 e. The van der Waals surface area contributed by atoms with Gasteiger partial charge in [-0.1, -0.05) is 267 Å². The van der Waals surface area contributed by atoms with Crippen LogP contribution in [0, 0.1) is 0 Å². The average molecular weight is 993 g/mol. The molecule has 0 aliphatic heterocycles. The molecule has 0 aliphatic rings. The molecule has 1 N–H and O–H groups in total. The van der Waals surface area contributed by atoms with Crippen LogP contribution in [-0.4, -0.2) is 58.2 Å². The van der Waals surface area contributed by atoms with Crippen LogP contribution in [0.2, 0.25) is 0 Å². The van der Waals surface area contributed by atoms with E-state index in [0.717, 1.165) is 0 Å². The van der Waals surface area contributed by atoms with E-state index in [1.165, 1.54) is 0 Å². The van der Waals surface area contributed by atoms with E-state index in [0.29, 0.717) is 0 Å². The molecule has 0 bridgehead atoms. The third-order valence-corrected chi connectivity index (χ3v) is 20.2. The van der Waals surface area contributed by atoms with Crippen molar-refractivity contribution in [3.63, 3.8) is 0 Å². The smallest absolute Gasteiger partial charge is 0.343 e. The molecule has 0 radical (unpaired) electrons. The molecular weight excluding hydrogens is 992 g/mol. The van der Waals surface area contributed by atoms with Crippen LogP contribution in [-0.2, 0) is 4.79 Å². The van der Waals surface area contributed by atoms with Crippen LogP contribution in [0.5, 0.6) is 0 Å². The van der Waals surface area contributed by atoms with Crippen molar-refractivity contribution in [3.05, 3.63) is 0 Å². The van der Waals surface area contributed by atoms with E-state index in [4.69, 9.17) is 267 Å². The van der Waals surface area contributed by atoms with E-state index >= 15 is 0 Å². The molecule has 25 heteroatoms. The Morgan fingerprint density at radius 3 is 0.649 bits per heavy atom. The fraction of sp³-hybridized carbons (Fsp3) is 0.917. The summed E-state index contributed by atoms with van der Waals surface area (Å²) in [5.41, 5.74) is 0. The highest BCUT2D eigenvalue weighted by atomic mass is 35.6. The minimum atomic E-state index is -3.42. The largest absolute Gasteiger partial charge is 0.479 e. The van der Waals surface area contributed by atoms with E-state index < -0.39 is 53.1 Å². The summed E-state index contributed by atoms with van der Waals surface area (Å²) >= 11 is 140. The quantitative estimate of drug-likeness (QED) is 0.222. The number of carbonyl (C=O) groups is 1. The molecule has 0 rings (SSSR count). The lowest BCUT2D eigenvalue weighted by molar-refractivity contribution is -0.138. The van der Waals surface area contributed by atoms with Crippen molar-refractivity contribution in [2.75, 3.05) is 0 Å². The molecule has 0 amide bonds. The first-order chi connectivity index (χ1) is 15.4. The molecule has 0 spiro atoms. The summed E-state index contributed by atoms with van der Waals surface area (Å²) < 4.78 is -35.7. The van der Waals surface area contributed by atoms with Gasteiger partial charge in [0.25, 0.3) is 0 Å². The summed E-state index contributed by atoms with van der Waals surface area (Å²) in [4.78, 5) is 11.5. The normalized spacial score (nSPS) is 16.7. The third kappa shape index (κ3) is 6.51. The van der Waals surface area contributed by atoms with Gasteiger partial charge in [0.15, 0.2) is 34.7 Å². The van der Waals surface area contributed by atoms with Gasteiger partial charge in [0.2, 0.25) is 12.5 Å².